The summed E-state index contributed by atoms with van der Waals surface area (Å²) in [4.78, 5) is 20.9. The molecule has 1 atom stereocenters. The number of benzene rings is 2. The Balaban J connectivity index is 1.45. The number of hydrogen-bond acceptors (Lipinski definition) is 6. The molecule has 1 fully saturated rings. The predicted molar refractivity (Wildman–Crippen MR) is 118 cm³/mol. The normalized spacial score (nSPS) is 17.1. The molecule has 4 rings (SSSR count). The van der Waals surface area contributed by atoms with Gasteiger partial charge >= 0.3 is 0 Å². The van der Waals surface area contributed by atoms with Crippen LogP contribution in [0.5, 0.6) is 0 Å². The van der Waals surface area contributed by atoms with Gasteiger partial charge in [-0.3, -0.25) is 9.69 Å². The van der Waals surface area contributed by atoms with E-state index >= 15 is 0 Å². The molecule has 1 aliphatic rings. The maximum absolute atomic E-state index is 13.1. The summed E-state index contributed by atoms with van der Waals surface area (Å²) in [7, 11) is -3.69. The van der Waals surface area contributed by atoms with Gasteiger partial charge in [0.25, 0.3) is 5.56 Å². The Labute approximate surface area is 181 Å². The number of aromatic amines is 1. The fourth-order valence-corrected chi connectivity index (χ4v) is 5.32. The molecule has 9 heteroatoms. The average Bonchev–Trinajstić information content (AvgIpc) is 2.80. The Kier molecular flexibility index (Phi) is 6.47. The molecule has 164 valence electrons. The molecule has 31 heavy (non-hydrogen) atoms. The molecule has 0 bridgehead atoms. The maximum Gasteiger partial charge on any atom is 0.258 e. The molecule has 2 aromatic carbocycles. The maximum atomic E-state index is 13.1. The minimum Gasteiger partial charge on any atom is -0.372 e. The van der Waals surface area contributed by atoms with Gasteiger partial charge in [0.15, 0.2) is 0 Å². The Morgan fingerprint density at radius 1 is 1.10 bits per heavy atom. The van der Waals surface area contributed by atoms with Gasteiger partial charge in [-0.2, -0.15) is 4.31 Å². The smallest absolute Gasteiger partial charge is 0.258 e. The SMILES string of the molecule is CCOC(CN1CCN(S(=O)(=O)c2ccc3nc[nH]c(=O)c3c2)CC1)c1ccccc1. The van der Waals surface area contributed by atoms with Crippen molar-refractivity contribution in [2.24, 2.45) is 0 Å². The molecule has 0 amide bonds. The number of fused-ring (bicyclic) bond motifs is 1. The fourth-order valence-electron chi connectivity index (χ4n) is 3.87. The van der Waals surface area contributed by atoms with Crippen molar-refractivity contribution in [1.82, 2.24) is 19.2 Å². The third-order valence-electron chi connectivity index (χ3n) is 5.54. The van der Waals surface area contributed by atoms with Gasteiger partial charge in [0, 0.05) is 39.3 Å². The van der Waals surface area contributed by atoms with Crippen molar-refractivity contribution in [2.45, 2.75) is 17.9 Å². The number of rotatable bonds is 7. The van der Waals surface area contributed by atoms with Gasteiger partial charge in [-0.15, -0.1) is 0 Å². The Hall–Kier alpha value is -2.59. The van der Waals surface area contributed by atoms with E-state index in [4.69, 9.17) is 4.74 Å². The highest BCUT2D eigenvalue weighted by Gasteiger charge is 2.30. The van der Waals surface area contributed by atoms with Gasteiger partial charge in [0.1, 0.15) is 0 Å². The van der Waals surface area contributed by atoms with Crippen molar-refractivity contribution in [3.8, 4) is 0 Å². The second-order valence-corrected chi connectivity index (χ2v) is 9.41. The van der Waals surface area contributed by atoms with Crippen LogP contribution in [-0.2, 0) is 14.8 Å². The number of piperazine rings is 1. The Bertz CT molecular complexity index is 1190. The fraction of sp³-hybridized carbons (Fsp3) is 0.364. The van der Waals surface area contributed by atoms with E-state index in [1.54, 1.807) is 6.07 Å². The largest absolute Gasteiger partial charge is 0.372 e. The third kappa shape index (κ3) is 4.69. The van der Waals surface area contributed by atoms with E-state index in [9.17, 15) is 13.2 Å². The van der Waals surface area contributed by atoms with Crippen LogP contribution in [0, 0.1) is 0 Å². The highest BCUT2D eigenvalue weighted by Crippen LogP contribution is 2.23. The van der Waals surface area contributed by atoms with E-state index < -0.39 is 10.0 Å². The van der Waals surface area contributed by atoms with Crippen LogP contribution in [0.25, 0.3) is 10.9 Å². The summed E-state index contributed by atoms with van der Waals surface area (Å²) in [6.45, 7) is 5.31. The standard InChI is InChI=1S/C22H26N4O4S/c1-2-30-21(17-6-4-3-5-7-17)15-25-10-12-26(13-11-25)31(28,29)18-8-9-20-19(14-18)22(27)24-16-23-20/h3-9,14,16,21H,2,10-13,15H2,1H3,(H,23,24,27). The van der Waals surface area contributed by atoms with E-state index in [1.165, 1.54) is 22.8 Å². The lowest BCUT2D eigenvalue weighted by Gasteiger charge is -2.35. The van der Waals surface area contributed by atoms with E-state index in [1.807, 2.05) is 25.1 Å². The van der Waals surface area contributed by atoms with Gasteiger partial charge in [-0.05, 0) is 30.7 Å². The van der Waals surface area contributed by atoms with Gasteiger partial charge < -0.3 is 9.72 Å². The Morgan fingerprint density at radius 3 is 2.55 bits per heavy atom. The monoisotopic (exact) mass is 442 g/mol. The van der Waals surface area contributed by atoms with Crippen LogP contribution >= 0.6 is 0 Å². The minimum atomic E-state index is -3.69. The molecule has 0 saturated carbocycles. The van der Waals surface area contributed by atoms with Gasteiger partial charge in [0.05, 0.1) is 28.2 Å². The summed E-state index contributed by atoms with van der Waals surface area (Å²) in [5.74, 6) is 0. The first kappa shape index (κ1) is 21.6. The zero-order valence-corrected chi connectivity index (χ0v) is 18.2. The summed E-state index contributed by atoms with van der Waals surface area (Å²) in [6, 6.07) is 14.6. The molecule has 8 nitrogen and oxygen atoms in total. The zero-order chi connectivity index (χ0) is 21.8. The first-order valence-corrected chi connectivity index (χ1v) is 11.8. The van der Waals surface area contributed by atoms with Crippen molar-refractivity contribution in [2.75, 3.05) is 39.3 Å². The van der Waals surface area contributed by atoms with Gasteiger partial charge in [0.2, 0.25) is 10.0 Å². The number of sulfonamides is 1. The highest BCUT2D eigenvalue weighted by atomic mass is 32.2. The first-order chi connectivity index (χ1) is 15.0. The van der Waals surface area contributed by atoms with Crippen LogP contribution in [0.15, 0.2) is 64.5 Å². The molecule has 0 spiro atoms. The van der Waals surface area contributed by atoms with Crippen molar-refractivity contribution in [1.29, 1.82) is 0 Å². The average molecular weight is 443 g/mol. The molecular formula is C22H26N4O4S. The summed E-state index contributed by atoms with van der Waals surface area (Å²) in [5, 5.41) is 0.268. The number of nitrogens with zero attached hydrogens (tertiary/aromatic N) is 3. The lowest BCUT2D eigenvalue weighted by atomic mass is 10.1. The van der Waals surface area contributed by atoms with Crippen LogP contribution in [0.2, 0.25) is 0 Å². The lowest BCUT2D eigenvalue weighted by molar-refractivity contribution is 0.0249. The highest BCUT2D eigenvalue weighted by molar-refractivity contribution is 7.89. The number of hydrogen-bond donors (Lipinski definition) is 1. The van der Waals surface area contributed by atoms with Gasteiger partial charge in [-0.25, -0.2) is 13.4 Å². The number of aromatic nitrogens is 2. The van der Waals surface area contributed by atoms with Crippen molar-refractivity contribution >= 4 is 20.9 Å². The van der Waals surface area contributed by atoms with Crippen molar-refractivity contribution in [3.05, 3.63) is 70.8 Å². The van der Waals surface area contributed by atoms with Crippen LogP contribution in [0.3, 0.4) is 0 Å². The summed E-state index contributed by atoms with van der Waals surface area (Å²) >= 11 is 0. The number of nitrogens with one attached hydrogen (secondary N) is 1. The lowest BCUT2D eigenvalue weighted by Crippen LogP contribution is -2.49. The third-order valence-corrected chi connectivity index (χ3v) is 7.44. The molecule has 3 aromatic rings. The quantitative estimate of drug-likeness (QED) is 0.601. The van der Waals surface area contributed by atoms with Crippen molar-refractivity contribution < 1.29 is 13.2 Å². The molecule has 0 radical (unpaired) electrons. The van der Waals surface area contributed by atoms with Crippen LogP contribution in [0.1, 0.15) is 18.6 Å². The van der Waals surface area contributed by atoms with E-state index in [0.29, 0.717) is 44.8 Å². The molecule has 1 unspecified atom stereocenters. The van der Waals surface area contributed by atoms with Crippen LogP contribution in [0.4, 0.5) is 0 Å². The molecule has 2 heterocycles. The first-order valence-electron chi connectivity index (χ1n) is 10.4. The zero-order valence-electron chi connectivity index (χ0n) is 17.4. The molecule has 0 aliphatic carbocycles. The Morgan fingerprint density at radius 2 is 1.84 bits per heavy atom. The second kappa shape index (κ2) is 9.27. The predicted octanol–water partition coefficient (Wildman–Crippen LogP) is 2.01. The topological polar surface area (TPSA) is 95.6 Å². The summed E-state index contributed by atoms with van der Waals surface area (Å²) in [5.41, 5.74) is 1.24. The molecule has 1 aliphatic heterocycles. The van der Waals surface area contributed by atoms with E-state index in [0.717, 1.165) is 5.56 Å². The van der Waals surface area contributed by atoms with Crippen LogP contribution < -0.4 is 5.56 Å². The van der Waals surface area contributed by atoms with Crippen LogP contribution in [-0.4, -0.2) is 66.9 Å². The van der Waals surface area contributed by atoms with E-state index in [2.05, 4.69) is 27.0 Å². The summed E-state index contributed by atoms with van der Waals surface area (Å²) in [6.07, 6.45) is 1.26. The minimum absolute atomic E-state index is 0.0472. The molecular weight excluding hydrogens is 416 g/mol. The van der Waals surface area contributed by atoms with E-state index in [-0.39, 0.29) is 21.9 Å². The van der Waals surface area contributed by atoms with Gasteiger partial charge in [-0.1, -0.05) is 30.3 Å². The molecule has 1 saturated heterocycles. The number of ether oxygens (including phenoxy) is 1. The van der Waals surface area contributed by atoms with Crippen molar-refractivity contribution in [3.63, 3.8) is 0 Å². The number of H-pyrrole nitrogens is 1. The summed E-state index contributed by atoms with van der Waals surface area (Å²) < 4.78 is 33.7. The molecule has 1 aromatic heterocycles. The second-order valence-electron chi connectivity index (χ2n) is 7.47. The molecule has 1 N–H and O–H groups in total.